The summed E-state index contributed by atoms with van der Waals surface area (Å²) in [4.78, 5) is 24.1. The summed E-state index contributed by atoms with van der Waals surface area (Å²) in [5, 5.41) is 22.1. The highest BCUT2D eigenvalue weighted by atomic mass is 32.2. The lowest BCUT2D eigenvalue weighted by Gasteiger charge is -2.17. The molecule has 5 rings (SSSR count). The highest BCUT2D eigenvalue weighted by Crippen LogP contribution is 2.42. The van der Waals surface area contributed by atoms with E-state index < -0.39 is 0 Å². The molecule has 6 nitrogen and oxygen atoms in total. The van der Waals surface area contributed by atoms with Gasteiger partial charge in [0.05, 0.1) is 4.92 Å². The molecule has 0 aromatic heterocycles. The number of nitro groups is 1. The number of benzene rings is 5. The molecular weight excluding hydrogens is 470 g/mol. The number of hydrogen-bond donors (Lipinski definition) is 2. The van der Waals surface area contributed by atoms with E-state index in [4.69, 9.17) is 0 Å². The molecule has 7 heteroatoms. The Hall–Kier alpha value is -4.36. The lowest BCUT2D eigenvalue weighted by molar-refractivity contribution is -0.385. The van der Waals surface area contributed by atoms with E-state index in [9.17, 15) is 14.9 Å². The topological polar surface area (TPSA) is 84.3 Å². The molecule has 0 fully saturated rings. The fourth-order valence-electron chi connectivity index (χ4n) is 4.32. The zero-order valence-corrected chi connectivity index (χ0v) is 20.3. The largest absolute Gasteiger partial charge is 0.381 e. The zero-order valence-electron chi connectivity index (χ0n) is 19.5. The van der Waals surface area contributed by atoms with Gasteiger partial charge >= 0.3 is 0 Å². The van der Waals surface area contributed by atoms with Gasteiger partial charge in [-0.2, -0.15) is 0 Å². The van der Waals surface area contributed by atoms with Crippen LogP contribution in [0.4, 0.5) is 17.1 Å². The van der Waals surface area contributed by atoms with Crippen LogP contribution in [0.3, 0.4) is 0 Å². The molecule has 0 spiro atoms. The van der Waals surface area contributed by atoms with Gasteiger partial charge in [-0.25, -0.2) is 0 Å². The minimum atomic E-state index is -0.363. The number of rotatable bonds is 7. The lowest BCUT2D eigenvalue weighted by Crippen LogP contribution is -2.06. The van der Waals surface area contributed by atoms with Crippen molar-refractivity contribution in [3.05, 3.63) is 113 Å². The lowest BCUT2D eigenvalue weighted by atomic mass is 9.96. The third-order valence-electron chi connectivity index (χ3n) is 5.92. The van der Waals surface area contributed by atoms with Crippen LogP contribution < -0.4 is 10.6 Å². The van der Waals surface area contributed by atoms with E-state index in [0.717, 1.165) is 42.7 Å². The van der Waals surface area contributed by atoms with Crippen molar-refractivity contribution in [3.63, 3.8) is 0 Å². The molecule has 0 heterocycles. The molecule has 0 saturated heterocycles. The summed E-state index contributed by atoms with van der Waals surface area (Å²) in [5.41, 5.74) is 2.97. The van der Waals surface area contributed by atoms with Crippen LogP contribution in [-0.2, 0) is 11.3 Å². The molecule has 36 heavy (non-hydrogen) atoms. The Kier molecular flexibility index (Phi) is 6.56. The summed E-state index contributed by atoms with van der Waals surface area (Å²) >= 11 is 1.55. The molecular formula is C29H23N3O3S. The summed E-state index contributed by atoms with van der Waals surface area (Å²) in [6.07, 6.45) is 0. The van der Waals surface area contributed by atoms with Crippen LogP contribution in [0.1, 0.15) is 12.5 Å². The zero-order chi connectivity index (χ0) is 25.1. The van der Waals surface area contributed by atoms with Crippen LogP contribution in [0.15, 0.2) is 107 Å². The molecule has 0 aliphatic carbocycles. The van der Waals surface area contributed by atoms with Gasteiger partial charge in [0.15, 0.2) is 0 Å². The summed E-state index contributed by atoms with van der Waals surface area (Å²) < 4.78 is 0. The second kappa shape index (κ2) is 10.1. The predicted octanol–water partition coefficient (Wildman–Crippen LogP) is 7.62. The van der Waals surface area contributed by atoms with Crippen LogP contribution in [0.2, 0.25) is 0 Å². The van der Waals surface area contributed by atoms with Crippen LogP contribution in [0.5, 0.6) is 0 Å². The molecule has 0 radical (unpaired) electrons. The molecule has 0 bridgehead atoms. The number of carbonyl (C=O) groups is 1. The molecule has 5 aromatic rings. The second-order valence-corrected chi connectivity index (χ2v) is 9.45. The van der Waals surface area contributed by atoms with Gasteiger partial charge < -0.3 is 10.6 Å². The minimum Gasteiger partial charge on any atom is -0.381 e. The first-order valence-corrected chi connectivity index (χ1v) is 12.3. The number of carbonyl (C=O) groups excluding carboxylic acids is 1. The molecule has 178 valence electrons. The first-order valence-electron chi connectivity index (χ1n) is 11.5. The highest BCUT2D eigenvalue weighted by Gasteiger charge is 2.16. The van der Waals surface area contributed by atoms with Gasteiger partial charge in [-0.15, -0.1) is 0 Å². The second-order valence-electron chi connectivity index (χ2n) is 8.37. The van der Waals surface area contributed by atoms with Crippen molar-refractivity contribution in [1.29, 1.82) is 0 Å². The number of hydrogen-bond acceptors (Lipinski definition) is 5. The van der Waals surface area contributed by atoms with Gasteiger partial charge in [0.1, 0.15) is 0 Å². The molecule has 0 unspecified atom stereocenters. The number of fused-ring (bicyclic) bond motifs is 2. The number of nitrogens with one attached hydrogen (secondary N) is 2. The van der Waals surface area contributed by atoms with Crippen molar-refractivity contribution >= 4 is 56.3 Å². The van der Waals surface area contributed by atoms with E-state index in [0.29, 0.717) is 6.54 Å². The summed E-state index contributed by atoms with van der Waals surface area (Å²) in [7, 11) is 0. The van der Waals surface area contributed by atoms with Crippen molar-refractivity contribution in [2.75, 3.05) is 10.6 Å². The maximum absolute atomic E-state index is 11.3. The fraction of sp³-hybridized carbons (Fsp3) is 0.0690. The van der Waals surface area contributed by atoms with E-state index in [1.165, 1.54) is 18.6 Å². The predicted molar refractivity (Wildman–Crippen MR) is 147 cm³/mol. The highest BCUT2D eigenvalue weighted by molar-refractivity contribution is 7.99. The molecule has 0 aliphatic rings. The van der Waals surface area contributed by atoms with Crippen LogP contribution in [0, 0.1) is 10.1 Å². The SMILES string of the molecule is CC(=O)Nc1ccc(NCc2c3ccccc3c(Sc3cccc([N+](=O)[O-])c3)c3ccccc23)cc1. The van der Waals surface area contributed by atoms with Gasteiger partial charge in [-0.3, -0.25) is 14.9 Å². The quantitative estimate of drug-likeness (QED) is 0.138. The first kappa shape index (κ1) is 23.4. The van der Waals surface area contributed by atoms with E-state index in [-0.39, 0.29) is 16.5 Å². The Morgan fingerprint density at radius 3 is 1.97 bits per heavy atom. The van der Waals surface area contributed by atoms with Gasteiger partial charge in [-0.1, -0.05) is 66.4 Å². The fourth-order valence-corrected chi connectivity index (χ4v) is 5.46. The molecule has 0 saturated carbocycles. The Morgan fingerprint density at radius 2 is 1.39 bits per heavy atom. The van der Waals surface area contributed by atoms with Crippen LogP contribution in [-0.4, -0.2) is 10.8 Å². The third-order valence-corrected chi connectivity index (χ3v) is 7.05. The maximum atomic E-state index is 11.3. The van der Waals surface area contributed by atoms with Crippen molar-refractivity contribution in [3.8, 4) is 0 Å². The van der Waals surface area contributed by atoms with E-state index in [1.807, 2.05) is 54.6 Å². The molecule has 1 amide bonds. The van der Waals surface area contributed by atoms with Gasteiger partial charge in [0, 0.05) is 46.8 Å². The van der Waals surface area contributed by atoms with Crippen molar-refractivity contribution in [2.45, 2.75) is 23.3 Å². The number of amides is 1. The van der Waals surface area contributed by atoms with E-state index in [1.54, 1.807) is 23.9 Å². The van der Waals surface area contributed by atoms with Crippen molar-refractivity contribution in [2.24, 2.45) is 0 Å². The summed E-state index contributed by atoms with van der Waals surface area (Å²) in [5.74, 6) is -0.100. The van der Waals surface area contributed by atoms with Crippen molar-refractivity contribution in [1.82, 2.24) is 0 Å². The van der Waals surface area contributed by atoms with Crippen molar-refractivity contribution < 1.29 is 9.72 Å². The average molecular weight is 494 g/mol. The Balaban J connectivity index is 1.55. The molecule has 0 atom stereocenters. The average Bonchev–Trinajstić information content (AvgIpc) is 2.89. The Labute approximate surface area is 212 Å². The molecule has 5 aromatic carbocycles. The standard InChI is InChI=1S/C29H23N3O3S/c1-19(33)31-21-15-13-20(14-16-21)30-18-28-24-9-2-4-11-26(24)29(27-12-5-3-10-25(27)28)36-23-8-6-7-22(17-23)32(34)35/h2-17,30H,18H2,1H3,(H,31,33). The first-order chi connectivity index (χ1) is 17.5. The maximum Gasteiger partial charge on any atom is 0.270 e. The van der Waals surface area contributed by atoms with E-state index in [2.05, 4.69) is 34.9 Å². The van der Waals surface area contributed by atoms with Gasteiger partial charge in [0.2, 0.25) is 5.91 Å². The monoisotopic (exact) mass is 493 g/mol. The summed E-state index contributed by atoms with van der Waals surface area (Å²) in [6, 6.07) is 31.0. The van der Waals surface area contributed by atoms with Crippen LogP contribution in [0.25, 0.3) is 21.5 Å². The third kappa shape index (κ3) is 4.87. The number of nitro benzene ring substituents is 1. The van der Waals surface area contributed by atoms with E-state index >= 15 is 0 Å². The van der Waals surface area contributed by atoms with Gasteiger partial charge in [0.25, 0.3) is 5.69 Å². The molecule has 2 N–H and O–H groups in total. The Morgan fingerprint density at radius 1 is 0.806 bits per heavy atom. The number of non-ortho nitro benzene ring substituents is 1. The van der Waals surface area contributed by atoms with Gasteiger partial charge in [-0.05, 0) is 57.4 Å². The number of nitrogens with zero attached hydrogens (tertiary/aromatic N) is 1. The molecule has 0 aliphatic heterocycles. The number of anilines is 2. The smallest absolute Gasteiger partial charge is 0.270 e. The minimum absolute atomic E-state index is 0.0824. The summed E-state index contributed by atoms with van der Waals surface area (Å²) in [6.45, 7) is 2.10. The van der Waals surface area contributed by atoms with Crippen LogP contribution >= 0.6 is 11.8 Å². The Bertz CT molecular complexity index is 1540. The normalized spacial score (nSPS) is 10.9.